The van der Waals surface area contributed by atoms with Crippen molar-refractivity contribution in [3.05, 3.63) is 65.2 Å². The summed E-state index contributed by atoms with van der Waals surface area (Å²) in [4.78, 5) is 14.2. The molecule has 3 heteroatoms. The third-order valence-corrected chi connectivity index (χ3v) is 3.25. The molecule has 2 N–H and O–H groups in total. The molecule has 3 nitrogen and oxygen atoms in total. The second-order valence-electron chi connectivity index (χ2n) is 4.51. The monoisotopic (exact) mass is 254 g/mol. The number of hydrogen-bond acceptors (Lipinski definition) is 2. The van der Waals surface area contributed by atoms with Crippen LogP contribution in [0.4, 0.5) is 5.69 Å². The van der Waals surface area contributed by atoms with Gasteiger partial charge in [0.2, 0.25) is 0 Å². The van der Waals surface area contributed by atoms with E-state index in [1.54, 1.807) is 11.9 Å². The van der Waals surface area contributed by atoms with Crippen molar-refractivity contribution in [1.29, 1.82) is 0 Å². The fraction of sp³-hybridized carbons (Fsp3) is 0.188. The third kappa shape index (κ3) is 2.66. The predicted molar refractivity (Wildman–Crippen MR) is 78.2 cm³/mol. The minimum Gasteiger partial charge on any atom is -0.326 e. The standard InChI is InChI=1S/C16H18N2O/c1-12-7-3-5-9-14(12)16(19)18(2)15-10-6-4-8-13(15)11-17/h3-10H,11,17H2,1-2H3. The highest BCUT2D eigenvalue weighted by atomic mass is 16.2. The van der Waals surface area contributed by atoms with Crippen LogP contribution in [0.15, 0.2) is 48.5 Å². The largest absolute Gasteiger partial charge is 0.326 e. The summed E-state index contributed by atoms with van der Waals surface area (Å²) in [5.74, 6) is -0.0148. The Hall–Kier alpha value is -2.13. The van der Waals surface area contributed by atoms with E-state index in [-0.39, 0.29) is 5.91 Å². The Morgan fingerprint density at radius 1 is 1.11 bits per heavy atom. The van der Waals surface area contributed by atoms with Gasteiger partial charge in [0, 0.05) is 24.8 Å². The second-order valence-corrected chi connectivity index (χ2v) is 4.51. The van der Waals surface area contributed by atoms with Crippen LogP contribution in [0.25, 0.3) is 0 Å². The van der Waals surface area contributed by atoms with Crippen LogP contribution < -0.4 is 10.6 Å². The minimum atomic E-state index is -0.0148. The van der Waals surface area contributed by atoms with Gasteiger partial charge >= 0.3 is 0 Å². The van der Waals surface area contributed by atoms with E-state index in [0.29, 0.717) is 6.54 Å². The van der Waals surface area contributed by atoms with Crippen molar-refractivity contribution in [3.8, 4) is 0 Å². The van der Waals surface area contributed by atoms with Gasteiger partial charge in [0.15, 0.2) is 0 Å². The highest BCUT2D eigenvalue weighted by Crippen LogP contribution is 2.21. The van der Waals surface area contributed by atoms with Crippen molar-refractivity contribution in [2.24, 2.45) is 5.73 Å². The Kier molecular flexibility index (Phi) is 3.97. The smallest absolute Gasteiger partial charge is 0.258 e. The molecule has 1 amide bonds. The van der Waals surface area contributed by atoms with Crippen LogP contribution in [0.2, 0.25) is 0 Å². The van der Waals surface area contributed by atoms with Crippen LogP contribution in [0, 0.1) is 6.92 Å². The highest BCUT2D eigenvalue weighted by Gasteiger charge is 2.16. The van der Waals surface area contributed by atoms with Gasteiger partial charge in [0.05, 0.1) is 0 Å². The average Bonchev–Trinajstić information content (AvgIpc) is 2.46. The molecule has 0 saturated heterocycles. The number of amides is 1. The molecule has 0 atom stereocenters. The summed E-state index contributed by atoms with van der Waals surface area (Å²) in [6, 6.07) is 15.3. The molecule has 19 heavy (non-hydrogen) atoms. The summed E-state index contributed by atoms with van der Waals surface area (Å²) < 4.78 is 0. The zero-order chi connectivity index (χ0) is 13.8. The Labute approximate surface area is 113 Å². The number of carbonyl (C=O) groups is 1. The number of aryl methyl sites for hydroxylation is 1. The lowest BCUT2D eigenvalue weighted by Crippen LogP contribution is -2.28. The van der Waals surface area contributed by atoms with Gasteiger partial charge < -0.3 is 10.6 Å². The van der Waals surface area contributed by atoms with Crippen LogP contribution in [0.5, 0.6) is 0 Å². The number of hydrogen-bond donors (Lipinski definition) is 1. The maximum absolute atomic E-state index is 12.5. The van der Waals surface area contributed by atoms with Gasteiger partial charge in [-0.2, -0.15) is 0 Å². The molecular formula is C16H18N2O. The molecule has 0 aromatic heterocycles. The molecule has 0 unspecified atom stereocenters. The van der Waals surface area contributed by atoms with Crippen LogP contribution in [-0.2, 0) is 6.54 Å². The fourth-order valence-electron chi connectivity index (χ4n) is 2.11. The van der Waals surface area contributed by atoms with Gasteiger partial charge in [-0.3, -0.25) is 4.79 Å². The molecule has 2 rings (SSSR count). The van der Waals surface area contributed by atoms with Gasteiger partial charge in [0.1, 0.15) is 0 Å². The Bertz CT molecular complexity index is 593. The molecule has 0 saturated carbocycles. The number of anilines is 1. The van der Waals surface area contributed by atoms with Gasteiger partial charge in [-0.05, 0) is 30.2 Å². The Morgan fingerprint density at radius 3 is 2.42 bits per heavy atom. The quantitative estimate of drug-likeness (QED) is 0.915. The molecule has 0 spiro atoms. The number of nitrogens with zero attached hydrogens (tertiary/aromatic N) is 1. The van der Waals surface area contributed by atoms with Crippen LogP contribution >= 0.6 is 0 Å². The normalized spacial score (nSPS) is 10.3. The van der Waals surface area contributed by atoms with Crippen molar-refractivity contribution in [3.63, 3.8) is 0 Å². The van der Waals surface area contributed by atoms with E-state index in [9.17, 15) is 4.79 Å². The van der Waals surface area contributed by atoms with Gasteiger partial charge in [0.25, 0.3) is 5.91 Å². The summed E-state index contributed by atoms with van der Waals surface area (Å²) in [6.45, 7) is 2.36. The lowest BCUT2D eigenvalue weighted by molar-refractivity contribution is 0.0992. The zero-order valence-corrected chi connectivity index (χ0v) is 11.3. The van der Waals surface area contributed by atoms with Crippen molar-refractivity contribution in [2.45, 2.75) is 13.5 Å². The SMILES string of the molecule is Cc1ccccc1C(=O)N(C)c1ccccc1CN. The maximum atomic E-state index is 12.5. The summed E-state index contributed by atoms with van der Waals surface area (Å²) in [6.07, 6.45) is 0. The molecule has 0 aliphatic carbocycles. The zero-order valence-electron chi connectivity index (χ0n) is 11.3. The first-order valence-electron chi connectivity index (χ1n) is 6.27. The van der Waals surface area contributed by atoms with E-state index < -0.39 is 0 Å². The molecule has 0 aliphatic rings. The molecule has 0 radical (unpaired) electrons. The molecule has 0 fully saturated rings. The second kappa shape index (κ2) is 5.67. The van der Waals surface area contributed by atoms with E-state index in [0.717, 1.165) is 22.4 Å². The number of rotatable bonds is 3. The molecule has 98 valence electrons. The van der Waals surface area contributed by atoms with E-state index in [1.807, 2.05) is 55.5 Å². The van der Waals surface area contributed by atoms with Crippen molar-refractivity contribution < 1.29 is 4.79 Å². The van der Waals surface area contributed by atoms with Gasteiger partial charge in [-0.1, -0.05) is 36.4 Å². The topological polar surface area (TPSA) is 46.3 Å². The summed E-state index contributed by atoms with van der Waals surface area (Å²) in [5.41, 5.74) is 9.24. The highest BCUT2D eigenvalue weighted by molar-refractivity contribution is 6.07. The molecular weight excluding hydrogens is 236 g/mol. The lowest BCUT2D eigenvalue weighted by Gasteiger charge is -2.21. The molecule has 0 bridgehead atoms. The number of nitrogens with two attached hydrogens (primary N) is 1. The minimum absolute atomic E-state index is 0.0148. The van der Waals surface area contributed by atoms with Crippen molar-refractivity contribution in [1.82, 2.24) is 0 Å². The Balaban J connectivity index is 2.37. The van der Waals surface area contributed by atoms with Crippen LogP contribution in [0.3, 0.4) is 0 Å². The van der Waals surface area contributed by atoms with E-state index in [2.05, 4.69) is 0 Å². The first kappa shape index (κ1) is 13.3. The van der Waals surface area contributed by atoms with Gasteiger partial charge in [-0.25, -0.2) is 0 Å². The molecule has 0 heterocycles. The van der Waals surface area contributed by atoms with E-state index >= 15 is 0 Å². The summed E-state index contributed by atoms with van der Waals surface area (Å²) in [5, 5.41) is 0. The molecule has 2 aromatic carbocycles. The lowest BCUT2D eigenvalue weighted by atomic mass is 10.1. The average molecular weight is 254 g/mol. The van der Waals surface area contributed by atoms with E-state index in [4.69, 9.17) is 5.73 Å². The third-order valence-electron chi connectivity index (χ3n) is 3.25. The van der Waals surface area contributed by atoms with Crippen LogP contribution in [0.1, 0.15) is 21.5 Å². The summed E-state index contributed by atoms with van der Waals surface area (Å²) in [7, 11) is 1.78. The van der Waals surface area contributed by atoms with Gasteiger partial charge in [-0.15, -0.1) is 0 Å². The molecule has 2 aromatic rings. The first-order chi connectivity index (χ1) is 9.15. The predicted octanol–water partition coefficient (Wildman–Crippen LogP) is 2.73. The van der Waals surface area contributed by atoms with Crippen LogP contribution in [-0.4, -0.2) is 13.0 Å². The van der Waals surface area contributed by atoms with E-state index in [1.165, 1.54) is 0 Å². The Morgan fingerprint density at radius 2 is 1.74 bits per heavy atom. The van der Waals surface area contributed by atoms with Crippen molar-refractivity contribution >= 4 is 11.6 Å². The number of benzene rings is 2. The maximum Gasteiger partial charge on any atom is 0.258 e. The fourth-order valence-corrected chi connectivity index (χ4v) is 2.11. The first-order valence-corrected chi connectivity index (χ1v) is 6.27. The summed E-state index contributed by atoms with van der Waals surface area (Å²) >= 11 is 0. The molecule has 0 aliphatic heterocycles. The number of para-hydroxylation sites is 1. The number of carbonyl (C=O) groups excluding carboxylic acids is 1. The van der Waals surface area contributed by atoms with Crippen molar-refractivity contribution in [2.75, 3.05) is 11.9 Å².